The number of hydrogen-bond donors (Lipinski definition) is 1. The van der Waals surface area contributed by atoms with Gasteiger partial charge in [-0.25, -0.2) is 0 Å². The molecule has 1 N–H and O–H groups in total. The van der Waals surface area contributed by atoms with Crippen LogP contribution in [0.4, 0.5) is 5.69 Å². The normalized spacial score (nSPS) is 19.5. The Kier molecular flexibility index (Phi) is 5.98. The Morgan fingerprint density at radius 1 is 1.03 bits per heavy atom. The Bertz CT molecular complexity index is 886. The molecule has 1 aromatic carbocycles. The first-order chi connectivity index (χ1) is 14.8. The van der Waals surface area contributed by atoms with Gasteiger partial charge >= 0.3 is 0 Å². The Morgan fingerprint density at radius 2 is 1.87 bits per heavy atom. The van der Waals surface area contributed by atoms with Crippen LogP contribution in [0.1, 0.15) is 62.6 Å². The molecular formula is C25H35N3O2. The number of ether oxygens (including phenoxy) is 2. The first-order valence-corrected chi connectivity index (χ1v) is 12.0. The molecule has 5 heteroatoms. The van der Waals surface area contributed by atoms with Crippen molar-refractivity contribution < 1.29 is 9.47 Å². The molecule has 3 aliphatic rings. The van der Waals surface area contributed by atoms with E-state index in [4.69, 9.17) is 14.5 Å². The lowest BCUT2D eigenvalue weighted by molar-refractivity contribution is 0.254. The van der Waals surface area contributed by atoms with Crippen molar-refractivity contribution in [3.63, 3.8) is 0 Å². The molecule has 0 bridgehead atoms. The topological polar surface area (TPSA) is 46.6 Å². The molecule has 1 saturated carbocycles. The number of methoxy groups -OCH3 is 1. The van der Waals surface area contributed by atoms with Gasteiger partial charge < -0.3 is 19.7 Å². The van der Waals surface area contributed by atoms with Gasteiger partial charge in [0.15, 0.2) is 11.5 Å². The fourth-order valence-electron chi connectivity index (χ4n) is 5.46. The molecule has 2 aromatic rings. The molecule has 5 nitrogen and oxygen atoms in total. The fraction of sp³-hybridized carbons (Fsp3) is 0.640. The van der Waals surface area contributed by atoms with E-state index in [0.29, 0.717) is 6.04 Å². The van der Waals surface area contributed by atoms with Gasteiger partial charge in [-0.15, -0.1) is 0 Å². The van der Waals surface area contributed by atoms with Crippen LogP contribution in [0.2, 0.25) is 0 Å². The van der Waals surface area contributed by atoms with Crippen molar-refractivity contribution in [2.24, 2.45) is 0 Å². The van der Waals surface area contributed by atoms with E-state index < -0.39 is 0 Å². The zero-order valence-corrected chi connectivity index (χ0v) is 18.3. The molecule has 0 amide bonds. The third-order valence-corrected chi connectivity index (χ3v) is 7.08. The number of rotatable bonds is 8. The maximum atomic E-state index is 6.18. The summed E-state index contributed by atoms with van der Waals surface area (Å²) >= 11 is 0. The zero-order chi connectivity index (χ0) is 20.3. The molecule has 0 atom stereocenters. The number of fused-ring (bicyclic) bond motifs is 2. The highest BCUT2D eigenvalue weighted by Crippen LogP contribution is 2.40. The number of pyridine rings is 1. The van der Waals surface area contributed by atoms with Gasteiger partial charge in [-0.3, -0.25) is 4.98 Å². The van der Waals surface area contributed by atoms with E-state index in [1.807, 2.05) is 0 Å². The number of likely N-dealkylation sites (tertiary alicyclic amines) is 1. The van der Waals surface area contributed by atoms with E-state index in [1.165, 1.54) is 80.4 Å². The lowest BCUT2D eigenvalue weighted by Gasteiger charge is -2.20. The van der Waals surface area contributed by atoms with Gasteiger partial charge in [0.25, 0.3) is 0 Å². The SMILES string of the molecule is COc1cc2c(NC3CCCC3)c3c(nc2cc1OCCCN1CCCC1)CCC3. The zero-order valence-electron chi connectivity index (χ0n) is 18.3. The molecule has 2 heterocycles. The van der Waals surface area contributed by atoms with Gasteiger partial charge in [0, 0.05) is 35.4 Å². The maximum absolute atomic E-state index is 6.18. The Balaban J connectivity index is 1.39. The highest BCUT2D eigenvalue weighted by Gasteiger charge is 2.24. The summed E-state index contributed by atoms with van der Waals surface area (Å²) in [7, 11) is 1.74. The van der Waals surface area contributed by atoms with Gasteiger partial charge in [0.2, 0.25) is 0 Å². The molecule has 1 aliphatic heterocycles. The number of aromatic nitrogens is 1. The molecular weight excluding hydrogens is 374 g/mol. The van der Waals surface area contributed by atoms with Crippen molar-refractivity contribution in [3.8, 4) is 11.5 Å². The Hall–Kier alpha value is -2.01. The van der Waals surface area contributed by atoms with E-state index >= 15 is 0 Å². The molecule has 162 valence electrons. The largest absolute Gasteiger partial charge is 0.493 e. The van der Waals surface area contributed by atoms with Crippen LogP contribution in [0.25, 0.3) is 10.9 Å². The van der Waals surface area contributed by atoms with Crippen LogP contribution in [-0.4, -0.2) is 49.3 Å². The third-order valence-electron chi connectivity index (χ3n) is 7.08. The van der Waals surface area contributed by atoms with E-state index in [0.717, 1.165) is 49.4 Å². The predicted octanol–water partition coefficient (Wildman–Crippen LogP) is 4.95. The van der Waals surface area contributed by atoms with Crippen molar-refractivity contribution in [2.75, 3.05) is 38.7 Å². The summed E-state index contributed by atoms with van der Waals surface area (Å²) in [6, 6.07) is 4.84. The molecule has 2 fully saturated rings. The van der Waals surface area contributed by atoms with Crippen LogP contribution in [-0.2, 0) is 12.8 Å². The lowest BCUT2D eigenvalue weighted by atomic mass is 10.0. The number of aryl methyl sites for hydroxylation is 1. The standard InChI is InChI=1S/C25H35N3O2/c1-29-23-16-20-22(17-24(23)30-15-7-14-28-12-4-5-13-28)27-21-11-6-10-19(21)25(20)26-18-8-2-3-9-18/h16-18H,2-15H2,1H3,(H,26,27). The molecule has 2 aliphatic carbocycles. The molecule has 0 spiro atoms. The number of anilines is 1. The summed E-state index contributed by atoms with van der Waals surface area (Å²) in [5, 5.41) is 5.08. The molecule has 0 unspecified atom stereocenters. The third kappa shape index (κ3) is 4.09. The van der Waals surface area contributed by atoms with Crippen molar-refractivity contribution in [1.29, 1.82) is 0 Å². The molecule has 30 heavy (non-hydrogen) atoms. The van der Waals surface area contributed by atoms with E-state index in [-0.39, 0.29) is 0 Å². The van der Waals surface area contributed by atoms with Crippen LogP contribution in [0.15, 0.2) is 12.1 Å². The second-order valence-electron chi connectivity index (χ2n) is 9.16. The Labute approximate surface area is 180 Å². The van der Waals surface area contributed by atoms with E-state index in [9.17, 15) is 0 Å². The highest BCUT2D eigenvalue weighted by atomic mass is 16.5. The minimum absolute atomic E-state index is 0.591. The van der Waals surface area contributed by atoms with E-state index in [1.54, 1.807) is 7.11 Å². The van der Waals surface area contributed by atoms with Crippen molar-refractivity contribution in [2.45, 2.75) is 70.3 Å². The van der Waals surface area contributed by atoms with Crippen molar-refractivity contribution >= 4 is 16.6 Å². The van der Waals surface area contributed by atoms with Crippen LogP contribution in [0.5, 0.6) is 11.5 Å². The van der Waals surface area contributed by atoms with Crippen molar-refractivity contribution in [1.82, 2.24) is 9.88 Å². The van der Waals surface area contributed by atoms with Crippen molar-refractivity contribution in [3.05, 3.63) is 23.4 Å². The summed E-state index contributed by atoms with van der Waals surface area (Å²) in [4.78, 5) is 7.57. The fourth-order valence-corrected chi connectivity index (χ4v) is 5.46. The van der Waals surface area contributed by atoms with Crippen LogP contribution in [0, 0.1) is 0 Å². The summed E-state index contributed by atoms with van der Waals surface area (Å²) in [5.74, 6) is 1.64. The van der Waals surface area contributed by atoms with Crippen LogP contribution >= 0.6 is 0 Å². The maximum Gasteiger partial charge on any atom is 0.163 e. The first kappa shape index (κ1) is 19.9. The average Bonchev–Trinajstić information content (AvgIpc) is 3.53. The number of hydrogen-bond acceptors (Lipinski definition) is 5. The van der Waals surface area contributed by atoms with Gasteiger partial charge in [-0.1, -0.05) is 12.8 Å². The monoisotopic (exact) mass is 409 g/mol. The summed E-state index contributed by atoms with van der Waals surface area (Å²) < 4.78 is 11.9. The van der Waals surface area contributed by atoms with Crippen LogP contribution in [0.3, 0.4) is 0 Å². The summed E-state index contributed by atoms with van der Waals surface area (Å²) in [5.41, 5.74) is 5.04. The van der Waals surface area contributed by atoms with E-state index in [2.05, 4.69) is 22.3 Å². The average molecular weight is 410 g/mol. The second-order valence-corrected chi connectivity index (χ2v) is 9.16. The first-order valence-electron chi connectivity index (χ1n) is 12.0. The Morgan fingerprint density at radius 3 is 2.67 bits per heavy atom. The molecule has 5 rings (SSSR count). The summed E-state index contributed by atoms with van der Waals surface area (Å²) in [6.45, 7) is 4.32. The quantitative estimate of drug-likeness (QED) is 0.625. The smallest absolute Gasteiger partial charge is 0.163 e. The highest BCUT2D eigenvalue weighted by molar-refractivity contribution is 5.96. The van der Waals surface area contributed by atoms with Gasteiger partial charge in [0.05, 0.1) is 19.2 Å². The van der Waals surface area contributed by atoms with Gasteiger partial charge in [-0.2, -0.15) is 0 Å². The number of nitrogens with zero attached hydrogens (tertiary/aromatic N) is 2. The van der Waals surface area contributed by atoms with Gasteiger partial charge in [0.1, 0.15) is 0 Å². The lowest BCUT2D eigenvalue weighted by Crippen LogP contribution is -2.22. The number of benzene rings is 1. The minimum Gasteiger partial charge on any atom is -0.493 e. The molecule has 1 saturated heterocycles. The number of nitrogens with one attached hydrogen (secondary N) is 1. The summed E-state index contributed by atoms with van der Waals surface area (Å²) in [6.07, 6.45) is 12.4. The predicted molar refractivity (Wildman–Crippen MR) is 122 cm³/mol. The molecule has 0 radical (unpaired) electrons. The van der Waals surface area contributed by atoms with Crippen LogP contribution < -0.4 is 14.8 Å². The molecule has 1 aromatic heterocycles. The minimum atomic E-state index is 0.591. The second kappa shape index (κ2) is 9.01. The van der Waals surface area contributed by atoms with Gasteiger partial charge in [-0.05, 0) is 76.1 Å².